The summed E-state index contributed by atoms with van der Waals surface area (Å²) in [5.41, 5.74) is 2.08. The Labute approximate surface area is 92.5 Å². The molecule has 0 spiro atoms. The average Bonchev–Trinajstić information content (AvgIpc) is 2.26. The van der Waals surface area contributed by atoms with Crippen LogP contribution in [0.2, 0.25) is 0 Å². The molecule has 0 saturated heterocycles. The van der Waals surface area contributed by atoms with Crippen LogP contribution in [-0.4, -0.2) is 10.2 Å². The number of benzene rings is 2. The van der Waals surface area contributed by atoms with Crippen LogP contribution in [0.3, 0.4) is 0 Å². The molecule has 2 aromatic carbocycles. The van der Waals surface area contributed by atoms with Gasteiger partial charge in [0.15, 0.2) is 0 Å². The third-order valence-corrected chi connectivity index (χ3v) is 2.70. The molecule has 0 bridgehead atoms. The van der Waals surface area contributed by atoms with Gasteiger partial charge >= 0.3 is 0 Å². The molecule has 0 aromatic heterocycles. The Hall–Kier alpha value is -2.16. The van der Waals surface area contributed by atoms with E-state index in [0.717, 1.165) is 17.5 Å². The maximum Gasteiger partial charge on any atom is 0.134 e. The van der Waals surface area contributed by atoms with Crippen molar-refractivity contribution in [2.45, 2.75) is 6.42 Å². The summed E-state index contributed by atoms with van der Waals surface area (Å²) in [6.45, 7) is 0. The van der Waals surface area contributed by atoms with Crippen LogP contribution in [0.4, 0.5) is 0 Å². The molecule has 2 N–H and O–H groups in total. The molecule has 0 saturated carbocycles. The Balaban J connectivity index is 2.10. The van der Waals surface area contributed by atoms with E-state index in [1.54, 1.807) is 24.3 Å². The predicted octanol–water partition coefficient (Wildman–Crippen LogP) is 2.79. The van der Waals surface area contributed by atoms with E-state index < -0.39 is 0 Å². The minimum absolute atomic E-state index is 0.183. The van der Waals surface area contributed by atoms with Crippen molar-refractivity contribution in [3.63, 3.8) is 0 Å². The van der Waals surface area contributed by atoms with E-state index in [1.165, 1.54) is 0 Å². The zero-order valence-electron chi connectivity index (χ0n) is 8.47. The minimum Gasteiger partial charge on any atom is -0.508 e. The molecule has 3 rings (SSSR count). The molecule has 16 heavy (non-hydrogen) atoms. The number of aromatic hydroxyl groups is 2. The Kier molecular flexibility index (Phi) is 1.80. The van der Waals surface area contributed by atoms with Crippen molar-refractivity contribution in [2.75, 3.05) is 0 Å². The Morgan fingerprint density at radius 2 is 1.31 bits per heavy atom. The molecule has 0 aliphatic carbocycles. The highest BCUT2D eigenvalue weighted by atomic mass is 16.5. The summed E-state index contributed by atoms with van der Waals surface area (Å²) in [6.07, 6.45) is 0.755. The quantitative estimate of drug-likeness (QED) is 0.605. The van der Waals surface area contributed by atoms with Gasteiger partial charge in [-0.3, -0.25) is 0 Å². The second kappa shape index (κ2) is 3.17. The van der Waals surface area contributed by atoms with Crippen molar-refractivity contribution in [3.8, 4) is 23.0 Å². The maximum atomic E-state index is 9.36. The van der Waals surface area contributed by atoms with E-state index in [1.807, 2.05) is 12.1 Å². The summed E-state index contributed by atoms with van der Waals surface area (Å²) in [5, 5.41) is 18.7. The summed E-state index contributed by atoms with van der Waals surface area (Å²) >= 11 is 0. The Morgan fingerprint density at radius 1 is 0.812 bits per heavy atom. The number of phenols is 2. The Morgan fingerprint density at radius 3 is 1.81 bits per heavy atom. The van der Waals surface area contributed by atoms with Gasteiger partial charge in [-0.15, -0.1) is 0 Å². The van der Waals surface area contributed by atoms with E-state index in [2.05, 4.69) is 0 Å². The third kappa shape index (κ3) is 1.37. The van der Waals surface area contributed by atoms with Crippen molar-refractivity contribution in [1.29, 1.82) is 0 Å². The highest BCUT2D eigenvalue weighted by molar-refractivity contribution is 5.53. The first-order chi connectivity index (χ1) is 7.72. The van der Waals surface area contributed by atoms with Crippen LogP contribution in [0.25, 0.3) is 0 Å². The second-order valence-electron chi connectivity index (χ2n) is 3.86. The summed E-state index contributed by atoms with van der Waals surface area (Å²) in [4.78, 5) is 0. The highest BCUT2D eigenvalue weighted by Gasteiger charge is 2.17. The molecular formula is C13H10O3. The molecule has 0 radical (unpaired) electrons. The number of hydrogen-bond acceptors (Lipinski definition) is 3. The lowest BCUT2D eigenvalue weighted by molar-refractivity contribution is 0.433. The zero-order chi connectivity index (χ0) is 11.1. The first kappa shape index (κ1) is 9.09. The highest BCUT2D eigenvalue weighted by Crippen LogP contribution is 2.39. The van der Waals surface area contributed by atoms with Gasteiger partial charge in [0.2, 0.25) is 0 Å². The van der Waals surface area contributed by atoms with Crippen molar-refractivity contribution in [3.05, 3.63) is 47.5 Å². The van der Waals surface area contributed by atoms with E-state index >= 15 is 0 Å². The standard InChI is InChI=1S/C13H10O3/c14-10-3-1-8-5-9-2-4-11(15)7-13(9)16-12(8)6-10/h1-4,6-7,14-15H,5H2. The van der Waals surface area contributed by atoms with Crippen LogP contribution in [0.5, 0.6) is 23.0 Å². The van der Waals surface area contributed by atoms with Crippen molar-refractivity contribution in [2.24, 2.45) is 0 Å². The van der Waals surface area contributed by atoms with Gasteiger partial charge in [0.25, 0.3) is 0 Å². The third-order valence-electron chi connectivity index (χ3n) is 2.70. The van der Waals surface area contributed by atoms with E-state index in [0.29, 0.717) is 11.5 Å². The second-order valence-corrected chi connectivity index (χ2v) is 3.86. The van der Waals surface area contributed by atoms with E-state index in [9.17, 15) is 10.2 Å². The van der Waals surface area contributed by atoms with E-state index in [-0.39, 0.29) is 11.5 Å². The monoisotopic (exact) mass is 214 g/mol. The van der Waals surface area contributed by atoms with Gasteiger partial charge < -0.3 is 14.9 Å². The fourth-order valence-electron chi connectivity index (χ4n) is 1.89. The molecule has 1 heterocycles. The number of hydrogen-bond donors (Lipinski definition) is 2. The lowest BCUT2D eigenvalue weighted by Crippen LogP contribution is -2.02. The van der Waals surface area contributed by atoms with Crippen LogP contribution in [0, 0.1) is 0 Å². The van der Waals surface area contributed by atoms with Crippen molar-refractivity contribution < 1.29 is 14.9 Å². The predicted molar refractivity (Wildman–Crippen MR) is 59.1 cm³/mol. The summed E-state index contributed by atoms with van der Waals surface area (Å²) in [7, 11) is 0. The first-order valence-corrected chi connectivity index (χ1v) is 5.04. The van der Waals surface area contributed by atoms with E-state index in [4.69, 9.17) is 4.74 Å². The molecule has 3 nitrogen and oxygen atoms in total. The smallest absolute Gasteiger partial charge is 0.134 e. The molecule has 0 fully saturated rings. The first-order valence-electron chi connectivity index (χ1n) is 5.04. The molecule has 0 unspecified atom stereocenters. The lowest BCUT2D eigenvalue weighted by atomic mass is 10.0. The van der Waals surface area contributed by atoms with Crippen LogP contribution in [0.1, 0.15) is 11.1 Å². The Bertz CT molecular complexity index is 512. The minimum atomic E-state index is 0.183. The lowest BCUT2D eigenvalue weighted by Gasteiger charge is -2.20. The molecule has 3 heteroatoms. The average molecular weight is 214 g/mol. The van der Waals surface area contributed by atoms with Crippen LogP contribution in [0.15, 0.2) is 36.4 Å². The van der Waals surface area contributed by atoms with Gasteiger partial charge in [-0.2, -0.15) is 0 Å². The van der Waals surface area contributed by atoms with Gasteiger partial charge in [0.1, 0.15) is 23.0 Å². The molecule has 0 atom stereocenters. The summed E-state index contributed by atoms with van der Waals surface area (Å²) in [6, 6.07) is 10.2. The molecule has 2 aromatic rings. The maximum absolute atomic E-state index is 9.36. The molecule has 1 aliphatic heterocycles. The van der Waals surface area contributed by atoms with Crippen LogP contribution in [-0.2, 0) is 6.42 Å². The molecule has 80 valence electrons. The number of fused-ring (bicyclic) bond motifs is 2. The van der Waals surface area contributed by atoms with Crippen LogP contribution < -0.4 is 4.74 Å². The fraction of sp³-hybridized carbons (Fsp3) is 0.0769. The molecular weight excluding hydrogens is 204 g/mol. The largest absolute Gasteiger partial charge is 0.508 e. The van der Waals surface area contributed by atoms with Gasteiger partial charge in [0.05, 0.1) is 0 Å². The summed E-state index contributed by atoms with van der Waals surface area (Å²) < 4.78 is 5.62. The summed E-state index contributed by atoms with van der Waals surface area (Å²) in [5.74, 6) is 1.67. The topological polar surface area (TPSA) is 49.7 Å². The van der Waals surface area contributed by atoms with Gasteiger partial charge in [-0.1, -0.05) is 12.1 Å². The number of ether oxygens (including phenoxy) is 1. The van der Waals surface area contributed by atoms with Gasteiger partial charge in [-0.25, -0.2) is 0 Å². The van der Waals surface area contributed by atoms with Crippen LogP contribution >= 0.6 is 0 Å². The normalized spacial score (nSPS) is 12.5. The van der Waals surface area contributed by atoms with Crippen molar-refractivity contribution >= 4 is 0 Å². The van der Waals surface area contributed by atoms with Gasteiger partial charge in [-0.05, 0) is 23.3 Å². The number of rotatable bonds is 0. The zero-order valence-corrected chi connectivity index (χ0v) is 8.47. The SMILES string of the molecule is Oc1ccc2c(c1)Oc1cc(O)ccc1C2. The molecule has 0 amide bonds. The fourth-order valence-corrected chi connectivity index (χ4v) is 1.89. The van der Waals surface area contributed by atoms with Crippen molar-refractivity contribution in [1.82, 2.24) is 0 Å². The number of phenolic OH excluding ortho intramolecular Hbond substituents is 2. The molecule has 1 aliphatic rings. The van der Waals surface area contributed by atoms with Gasteiger partial charge in [0, 0.05) is 18.6 Å².